The van der Waals surface area contributed by atoms with Gasteiger partial charge in [0, 0.05) is 0 Å². The summed E-state index contributed by atoms with van der Waals surface area (Å²) in [5.41, 5.74) is 6.15. The largest absolute Gasteiger partial charge is 0.394 e. The zero-order valence-corrected chi connectivity index (χ0v) is 8.92. The number of halogens is 1. The summed E-state index contributed by atoms with van der Waals surface area (Å²) in [5, 5.41) is 4.45. The third-order valence-corrected chi connectivity index (χ3v) is 3.48. The Morgan fingerprint density at radius 1 is 1.38 bits per heavy atom. The fourth-order valence-electron chi connectivity index (χ4n) is 1.57. The highest BCUT2D eigenvalue weighted by atomic mass is 32.1. The van der Waals surface area contributed by atoms with E-state index in [4.69, 9.17) is 10.3 Å². The smallest absolute Gasteiger partial charge is 0.199 e. The van der Waals surface area contributed by atoms with E-state index in [9.17, 15) is 4.39 Å². The lowest BCUT2D eigenvalue weighted by molar-refractivity contribution is 0.433. The average molecular weight is 234 g/mol. The van der Waals surface area contributed by atoms with Crippen LogP contribution in [0, 0.1) is 5.82 Å². The predicted molar refractivity (Wildman–Crippen MR) is 61.7 cm³/mol. The SMILES string of the molecule is Nc1cnoc1-c1cc2cccc(F)c2s1. The molecule has 2 heterocycles. The van der Waals surface area contributed by atoms with Crippen molar-refractivity contribution in [2.75, 3.05) is 5.73 Å². The quantitative estimate of drug-likeness (QED) is 0.703. The predicted octanol–water partition coefficient (Wildman–Crippen LogP) is 3.28. The van der Waals surface area contributed by atoms with Crippen LogP contribution in [0.5, 0.6) is 0 Å². The Bertz CT molecular complexity index is 659. The van der Waals surface area contributed by atoms with E-state index in [1.807, 2.05) is 12.1 Å². The molecule has 3 nitrogen and oxygen atoms in total. The number of anilines is 1. The van der Waals surface area contributed by atoms with E-state index >= 15 is 0 Å². The summed E-state index contributed by atoms with van der Waals surface area (Å²) in [4.78, 5) is 0.787. The maximum atomic E-state index is 13.5. The molecule has 0 aliphatic rings. The normalized spacial score (nSPS) is 11.1. The summed E-state index contributed by atoms with van der Waals surface area (Å²) in [6.07, 6.45) is 1.44. The molecule has 0 radical (unpaired) electrons. The number of thiophene rings is 1. The number of nitrogens with two attached hydrogens (primary N) is 1. The first kappa shape index (κ1) is 9.35. The molecule has 5 heteroatoms. The minimum atomic E-state index is -0.230. The van der Waals surface area contributed by atoms with Crippen molar-refractivity contribution in [2.24, 2.45) is 0 Å². The number of nitrogens with zero attached hydrogens (tertiary/aromatic N) is 1. The monoisotopic (exact) mass is 234 g/mol. The van der Waals surface area contributed by atoms with Gasteiger partial charge < -0.3 is 10.3 Å². The van der Waals surface area contributed by atoms with Crippen LogP contribution < -0.4 is 5.73 Å². The Hall–Kier alpha value is -1.88. The molecule has 0 aliphatic heterocycles. The summed E-state index contributed by atoms with van der Waals surface area (Å²) in [6.45, 7) is 0. The van der Waals surface area contributed by atoms with Crippen molar-refractivity contribution in [3.05, 3.63) is 36.3 Å². The number of nitrogen functional groups attached to an aromatic ring is 1. The van der Waals surface area contributed by atoms with Crippen LogP contribution in [-0.2, 0) is 0 Å². The van der Waals surface area contributed by atoms with Gasteiger partial charge in [-0.3, -0.25) is 0 Å². The van der Waals surface area contributed by atoms with Gasteiger partial charge in [-0.2, -0.15) is 0 Å². The molecule has 0 fully saturated rings. The summed E-state index contributed by atoms with van der Waals surface area (Å²) in [5.74, 6) is 0.271. The number of fused-ring (bicyclic) bond motifs is 1. The van der Waals surface area contributed by atoms with Gasteiger partial charge in [-0.05, 0) is 17.5 Å². The van der Waals surface area contributed by atoms with E-state index in [1.54, 1.807) is 6.07 Å². The second-order valence-electron chi connectivity index (χ2n) is 3.38. The van der Waals surface area contributed by atoms with Crippen LogP contribution in [0.1, 0.15) is 0 Å². The van der Waals surface area contributed by atoms with Crippen LogP contribution in [0.2, 0.25) is 0 Å². The number of hydrogen-bond donors (Lipinski definition) is 1. The molecule has 3 aromatic rings. The van der Waals surface area contributed by atoms with Crippen LogP contribution in [0.4, 0.5) is 10.1 Å². The van der Waals surface area contributed by atoms with Gasteiger partial charge in [0.1, 0.15) is 11.5 Å². The van der Waals surface area contributed by atoms with Gasteiger partial charge in [-0.15, -0.1) is 11.3 Å². The lowest BCUT2D eigenvalue weighted by Crippen LogP contribution is -1.81. The molecule has 0 unspecified atom stereocenters. The molecule has 0 aliphatic carbocycles. The van der Waals surface area contributed by atoms with Gasteiger partial charge in [0.2, 0.25) is 0 Å². The van der Waals surface area contributed by atoms with Crippen molar-refractivity contribution < 1.29 is 8.91 Å². The number of aromatic nitrogens is 1. The van der Waals surface area contributed by atoms with E-state index in [2.05, 4.69) is 5.16 Å². The molecule has 2 N–H and O–H groups in total. The summed E-state index contributed by atoms with van der Waals surface area (Å²) < 4.78 is 19.1. The molecular formula is C11H7FN2OS. The standard InChI is InChI=1S/C11H7FN2OS/c12-7-3-1-2-6-4-9(16-11(6)7)10-8(13)5-14-15-10/h1-5H,13H2. The molecule has 0 spiro atoms. The zero-order valence-electron chi connectivity index (χ0n) is 8.11. The molecule has 0 bridgehead atoms. The number of rotatable bonds is 1. The van der Waals surface area contributed by atoms with Crippen LogP contribution in [0.25, 0.3) is 20.7 Å². The van der Waals surface area contributed by atoms with Gasteiger partial charge in [0.05, 0.1) is 15.8 Å². The molecule has 0 atom stereocenters. The molecular weight excluding hydrogens is 227 g/mol. The topological polar surface area (TPSA) is 52.0 Å². The van der Waals surface area contributed by atoms with Crippen molar-refractivity contribution in [3.63, 3.8) is 0 Å². The van der Waals surface area contributed by atoms with Gasteiger partial charge in [0.15, 0.2) is 5.76 Å². The summed E-state index contributed by atoms with van der Waals surface area (Å²) in [6, 6.07) is 6.81. The Labute approximate surface area is 94.3 Å². The van der Waals surface area contributed by atoms with E-state index in [1.165, 1.54) is 23.6 Å². The maximum Gasteiger partial charge on any atom is 0.199 e. The van der Waals surface area contributed by atoms with Crippen molar-refractivity contribution in [3.8, 4) is 10.6 Å². The van der Waals surface area contributed by atoms with E-state index in [-0.39, 0.29) is 5.82 Å². The third-order valence-electron chi connectivity index (χ3n) is 2.32. The van der Waals surface area contributed by atoms with Crippen molar-refractivity contribution in [2.45, 2.75) is 0 Å². The number of benzene rings is 1. The summed E-state index contributed by atoms with van der Waals surface area (Å²) in [7, 11) is 0. The molecule has 0 saturated carbocycles. The molecule has 2 aromatic heterocycles. The third kappa shape index (κ3) is 1.29. The first-order chi connectivity index (χ1) is 7.75. The minimum Gasteiger partial charge on any atom is -0.394 e. The Balaban J connectivity index is 2.27. The van der Waals surface area contributed by atoms with Crippen LogP contribution >= 0.6 is 11.3 Å². The van der Waals surface area contributed by atoms with Gasteiger partial charge in [0.25, 0.3) is 0 Å². The van der Waals surface area contributed by atoms with Gasteiger partial charge in [-0.1, -0.05) is 17.3 Å². The molecule has 0 saturated heterocycles. The van der Waals surface area contributed by atoms with E-state index < -0.39 is 0 Å². The highest BCUT2D eigenvalue weighted by Gasteiger charge is 2.13. The van der Waals surface area contributed by atoms with E-state index in [0.29, 0.717) is 16.1 Å². The van der Waals surface area contributed by atoms with Gasteiger partial charge in [-0.25, -0.2) is 4.39 Å². The fourth-order valence-corrected chi connectivity index (χ4v) is 2.64. The minimum absolute atomic E-state index is 0.230. The average Bonchev–Trinajstić information content (AvgIpc) is 2.84. The fraction of sp³-hybridized carbons (Fsp3) is 0. The first-order valence-electron chi connectivity index (χ1n) is 4.64. The Morgan fingerprint density at radius 2 is 2.25 bits per heavy atom. The molecule has 16 heavy (non-hydrogen) atoms. The Morgan fingerprint density at radius 3 is 2.94 bits per heavy atom. The summed E-state index contributed by atoms with van der Waals surface area (Å²) >= 11 is 1.31. The molecule has 80 valence electrons. The van der Waals surface area contributed by atoms with E-state index in [0.717, 1.165) is 10.3 Å². The second kappa shape index (κ2) is 3.31. The molecule has 1 aromatic carbocycles. The maximum absolute atomic E-state index is 13.5. The molecule has 3 rings (SSSR count). The van der Waals surface area contributed by atoms with Crippen molar-refractivity contribution in [1.82, 2.24) is 5.16 Å². The zero-order chi connectivity index (χ0) is 11.1. The van der Waals surface area contributed by atoms with Crippen LogP contribution in [0.15, 0.2) is 35.0 Å². The highest BCUT2D eigenvalue weighted by Crippen LogP contribution is 2.37. The van der Waals surface area contributed by atoms with Crippen LogP contribution in [-0.4, -0.2) is 5.16 Å². The highest BCUT2D eigenvalue weighted by molar-refractivity contribution is 7.22. The molecule has 0 amide bonds. The Kier molecular flexibility index (Phi) is 1.94. The lowest BCUT2D eigenvalue weighted by Gasteiger charge is -1.89. The van der Waals surface area contributed by atoms with Crippen molar-refractivity contribution in [1.29, 1.82) is 0 Å². The first-order valence-corrected chi connectivity index (χ1v) is 5.46. The lowest BCUT2D eigenvalue weighted by atomic mass is 10.2. The number of hydrogen-bond acceptors (Lipinski definition) is 4. The van der Waals surface area contributed by atoms with Gasteiger partial charge >= 0.3 is 0 Å². The van der Waals surface area contributed by atoms with Crippen LogP contribution in [0.3, 0.4) is 0 Å². The second-order valence-corrected chi connectivity index (χ2v) is 4.43. The van der Waals surface area contributed by atoms with Crippen molar-refractivity contribution >= 4 is 27.1 Å².